The van der Waals surface area contributed by atoms with E-state index >= 15 is 0 Å². The van der Waals surface area contributed by atoms with Crippen LogP contribution in [0, 0.1) is 0 Å². The Kier molecular flexibility index (Phi) is 4.94. The van der Waals surface area contributed by atoms with Crippen LogP contribution in [0.25, 0.3) is 5.82 Å². The van der Waals surface area contributed by atoms with E-state index in [1.54, 1.807) is 12.4 Å². The van der Waals surface area contributed by atoms with E-state index in [9.17, 15) is 0 Å². The average molecular weight is 413 g/mol. The molecule has 1 N–H and O–H groups in total. The van der Waals surface area contributed by atoms with E-state index in [0.717, 1.165) is 22.8 Å². The topological polar surface area (TPSA) is 58.9 Å². The summed E-state index contributed by atoms with van der Waals surface area (Å²) in [5.41, 5.74) is 3.15. The number of thiocarbonyl (C=S) groups is 1. The average Bonchev–Trinajstić information content (AvgIpc) is 3.40. The third-order valence-electron chi connectivity index (χ3n) is 5.25. The zero-order valence-electron chi connectivity index (χ0n) is 16.2. The van der Waals surface area contributed by atoms with Crippen LogP contribution in [0.1, 0.15) is 29.0 Å². The van der Waals surface area contributed by atoms with Gasteiger partial charge in [-0.1, -0.05) is 18.2 Å². The standard InChI is InChI=1S/C23H20N6S/c30-23-27-21(18-8-1-3-12-25-18)22(29(23)16-17-7-5-11-24-15-17)19-9-6-14-28(19)20-10-2-4-13-26-20/h1-15,21-22H,16H2,(H,27,30)/t21-,22+/m0/s1. The lowest BCUT2D eigenvalue weighted by Gasteiger charge is -2.28. The SMILES string of the molecule is S=C1N[C@@H](c2ccccn2)[C@@H](c2cccn2-c2ccccn2)N1Cc1cccnc1. The number of rotatable bonds is 5. The van der Waals surface area contributed by atoms with Gasteiger partial charge in [0.05, 0.1) is 17.8 Å². The second-order valence-electron chi connectivity index (χ2n) is 7.11. The van der Waals surface area contributed by atoms with Gasteiger partial charge in [0.2, 0.25) is 0 Å². The van der Waals surface area contributed by atoms with Crippen molar-refractivity contribution in [3.05, 3.63) is 109 Å². The van der Waals surface area contributed by atoms with Crippen molar-refractivity contribution < 1.29 is 0 Å². The summed E-state index contributed by atoms with van der Waals surface area (Å²) in [5, 5.41) is 4.20. The van der Waals surface area contributed by atoms with Gasteiger partial charge < -0.3 is 14.8 Å². The monoisotopic (exact) mass is 412 g/mol. The maximum Gasteiger partial charge on any atom is 0.170 e. The lowest BCUT2D eigenvalue weighted by Crippen LogP contribution is -2.30. The molecule has 7 heteroatoms. The fourth-order valence-corrected chi connectivity index (χ4v) is 4.23. The van der Waals surface area contributed by atoms with E-state index in [1.165, 1.54) is 0 Å². The quantitative estimate of drug-likeness (QED) is 0.503. The van der Waals surface area contributed by atoms with Gasteiger partial charge in [0.1, 0.15) is 5.82 Å². The Morgan fingerprint density at radius 2 is 1.77 bits per heavy atom. The van der Waals surface area contributed by atoms with Gasteiger partial charge in [-0.15, -0.1) is 0 Å². The molecule has 1 fully saturated rings. The van der Waals surface area contributed by atoms with Gasteiger partial charge in [-0.05, 0) is 60.2 Å². The molecule has 0 amide bonds. The molecule has 5 heterocycles. The van der Waals surface area contributed by atoms with E-state index in [0.29, 0.717) is 11.7 Å². The Balaban J connectivity index is 1.60. The molecule has 148 valence electrons. The van der Waals surface area contributed by atoms with Crippen LogP contribution in [-0.4, -0.2) is 29.5 Å². The van der Waals surface area contributed by atoms with Crippen LogP contribution in [0.3, 0.4) is 0 Å². The number of hydrogen-bond acceptors (Lipinski definition) is 4. The van der Waals surface area contributed by atoms with Crippen LogP contribution in [0.4, 0.5) is 0 Å². The molecule has 5 rings (SSSR count). The summed E-state index contributed by atoms with van der Waals surface area (Å²) in [7, 11) is 0. The minimum atomic E-state index is -0.0762. The lowest BCUT2D eigenvalue weighted by atomic mass is 10.0. The Hall–Kier alpha value is -3.58. The zero-order chi connectivity index (χ0) is 20.3. The first kappa shape index (κ1) is 18.4. The third kappa shape index (κ3) is 3.44. The van der Waals surface area contributed by atoms with Crippen LogP contribution in [0.5, 0.6) is 0 Å². The third-order valence-corrected chi connectivity index (χ3v) is 5.61. The molecule has 0 spiro atoms. The Bertz CT molecular complexity index is 1130. The fraction of sp³-hybridized carbons (Fsp3) is 0.130. The highest BCUT2D eigenvalue weighted by Crippen LogP contribution is 2.40. The molecule has 0 saturated carbocycles. The van der Waals surface area contributed by atoms with Gasteiger partial charge >= 0.3 is 0 Å². The van der Waals surface area contributed by atoms with Crippen molar-refractivity contribution in [2.45, 2.75) is 18.6 Å². The molecule has 0 radical (unpaired) electrons. The Morgan fingerprint density at radius 3 is 2.50 bits per heavy atom. The van der Waals surface area contributed by atoms with Gasteiger partial charge in [-0.2, -0.15) is 0 Å². The molecule has 4 aromatic heterocycles. The van der Waals surface area contributed by atoms with E-state index in [2.05, 4.69) is 41.9 Å². The first-order chi connectivity index (χ1) is 14.8. The van der Waals surface area contributed by atoms with E-state index < -0.39 is 0 Å². The van der Waals surface area contributed by atoms with E-state index in [-0.39, 0.29) is 12.1 Å². The van der Waals surface area contributed by atoms with Crippen LogP contribution in [-0.2, 0) is 6.54 Å². The highest BCUT2D eigenvalue weighted by atomic mass is 32.1. The van der Waals surface area contributed by atoms with Gasteiger partial charge in [0.15, 0.2) is 5.11 Å². The molecule has 0 unspecified atom stereocenters. The maximum atomic E-state index is 5.77. The highest BCUT2D eigenvalue weighted by molar-refractivity contribution is 7.80. The van der Waals surface area contributed by atoms with Gasteiger partial charge in [0.25, 0.3) is 0 Å². The Labute approximate surface area is 180 Å². The van der Waals surface area contributed by atoms with Crippen LogP contribution < -0.4 is 5.32 Å². The molecule has 6 nitrogen and oxygen atoms in total. The molecule has 1 saturated heterocycles. The number of nitrogens with zero attached hydrogens (tertiary/aromatic N) is 5. The molecule has 0 bridgehead atoms. The van der Waals surface area contributed by atoms with E-state index in [4.69, 9.17) is 12.2 Å². The summed E-state index contributed by atoms with van der Waals surface area (Å²) in [6.07, 6.45) is 9.33. The van der Waals surface area contributed by atoms with Crippen molar-refractivity contribution in [2.24, 2.45) is 0 Å². The van der Waals surface area contributed by atoms with Crippen molar-refractivity contribution in [1.82, 2.24) is 29.7 Å². The summed E-state index contributed by atoms with van der Waals surface area (Å²) in [6, 6.07) is 19.9. The maximum absolute atomic E-state index is 5.77. The molecule has 1 aliphatic heterocycles. The molecule has 0 aromatic carbocycles. The largest absolute Gasteiger partial charge is 0.352 e. The minimum absolute atomic E-state index is 0.0513. The number of pyridine rings is 3. The van der Waals surface area contributed by atoms with Crippen LogP contribution in [0.15, 0.2) is 91.6 Å². The predicted octanol–water partition coefficient (Wildman–Crippen LogP) is 3.84. The lowest BCUT2D eigenvalue weighted by molar-refractivity contribution is 0.302. The molecule has 0 aliphatic carbocycles. The summed E-state index contributed by atoms with van der Waals surface area (Å²) < 4.78 is 2.12. The zero-order valence-corrected chi connectivity index (χ0v) is 17.0. The Morgan fingerprint density at radius 1 is 0.900 bits per heavy atom. The van der Waals surface area contributed by atoms with Gasteiger partial charge in [0, 0.05) is 43.2 Å². The molecule has 30 heavy (non-hydrogen) atoms. The van der Waals surface area contributed by atoms with Gasteiger partial charge in [-0.3, -0.25) is 9.97 Å². The number of hydrogen-bond donors (Lipinski definition) is 1. The summed E-state index contributed by atoms with van der Waals surface area (Å²) in [6.45, 7) is 0.654. The normalized spacial score (nSPS) is 18.4. The smallest absolute Gasteiger partial charge is 0.170 e. The number of aromatic nitrogens is 4. The summed E-state index contributed by atoms with van der Waals surface area (Å²) in [5.74, 6) is 0.872. The molecular formula is C23H20N6S. The van der Waals surface area contributed by atoms with Crippen molar-refractivity contribution in [3.8, 4) is 5.82 Å². The molecule has 2 atom stereocenters. The first-order valence-electron chi connectivity index (χ1n) is 9.77. The summed E-state index contributed by atoms with van der Waals surface area (Å²) >= 11 is 5.77. The fourth-order valence-electron chi connectivity index (χ4n) is 3.93. The number of nitrogens with one attached hydrogen (secondary N) is 1. The highest BCUT2D eigenvalue weighted by Gasteiger charge is 2.41. The summed E-state index contributed by atoms with van der Waals surface area (Å²) in [4.78, 5) is 15.6. The van der Waals surface area contributed by atoms with Crippen LogP contribution >= 0.6 is 12.2 Å². The second kappa shape index (κ2) is 8.04. The van der Waals surface area contributed by atoms with Crippen molar-refractivity contribution in [3.63, 3.8) is 0 Å². The van der Waals surface area contributed by atoms with Crippen molar-refractivity contribution in [1.29, 1.82) is 0 Å². The van der Waals surface area contributed by atoms with Crippen LogP contribution in [0.2, 0.25) is 0 Å². The van der Waals surface area contributed by atoms with Crippen molar-refractivity contribution >= 4 is 17.3 Å². The molecule has 1 aliphatic rings. The van der Waals surface area contributed by atoms with Crippen molar-refractivity contribution in [2.75, 3.05) is 0 Å². The predicted molar refractivity (Wildman–Crippen MR) is 119 cm³/mol. The van der Waals surface area contributed by atoms with E-state index in [1.807, 2.05) is 67.1 Å². The first-order valence-corrected chi connectivity index (χ1v) is 10.2. The molecule has 4 aromatic rings. The molecular weight excluding hydrogens is 392 g/mol. The second-order valence-corrected chi connectivity index (χ2v) is 7.49. The minimum Gasteiger partial charge on any atom is -0.352 e. The van der Waals surface area contributed by atoms with Gasteiger partial charge in [-0.25, -0.2) is 4.98 Å².